The van der Waals surface area contributed by atoms with Crippen molar-refractivity contribution in [3.63, 3.8) is 0 Å². The summed E-state index contributed by atoms with van der Waals surface area (Å²) in [6.45, 7) is 4.47. The molecule has 2 aliphatic heterocycles. The summed E-state index contributed by atoms with van der Waals surface area (Å²) in [6.07, 6.45) is 5.90. The Morgan fingerprint density at radius 1 is 1.03 bits per heavy atom. The number of ether oxygens (including phenoxy) is 1. The van der Waals surface area contributed by atoms with Gasteiger partial charge in [-0.2, -0.15) is 5.10 Å². The van der Waals surface area contributed by atoms with Crippen molar-refractivity contribution in [2.75, 3.05) is 12.3 Å². The number of anilines is 1. The predicted molar refractivity (Wildman–Crippen MR) is 134 cm³/mol. The number of benzene rings is 2. The first-order valence-electron chi connectivity index (χ1n) is 11.9. The number of aromatic nitrogens is 4. The van der Waals surface area contributed by atoms with E-state index in [-0.39, 0.29) is 18.0 Å². The second-order valence-corrected chi connectivity index (χ2v) is 9.20. The van der Waals surface area contributed by atoms with E-state index in [9.17, 15) is 4.79 Å². The fraction of sp³-hybridized carbons (Fsp3) is 0.259. The highest BCUT2D eigenvalue weighted by Gasteiger charge is 2.44. The van der Waals surface area contributed by atoms with Crippen molar-refractivity contribution in [1.82, 2.24) is 24.6 Å². The first-order chi connectivity index (χ1) is 17.1. The zero-order valence-corrected chi connectivity index (χ0v) is 19.2. The first-order valence-corrected chi connectivity index (χ1v) is 11.9. The molecule has 3 unspecified atom stereocenters. The Balaban J connectivity index is 1.39. The third kappa shape index (κ3) is 3.71. The number of rotatable bonds is 5. The van der Waals surface area contributed by atoms with Crippen LogP contribution in [-0.2, 0) is 4.79 Å². The molecule has 4 aromatic rings. The summed E-state index contributed by atoms with van der Waals surface area (Å²) in [4.78, 5) is 23.3. The first kappa shape index (κ1) is 21.3. The van der Waals surface area contributed by atoms with Gasteiger partial charge in [-0.15, -0.1) is 0 Å². The largest absolute Gasteiger partial charge is 0.457 e. The fourth-order valence-corrected chi connectivity index (χ4v) is 5.53. The van der Waals surface area contributed by atoms with Crippen LogP contribution in [0.4, 0.5) is 5.82 Å². The zero-order valence-electron chi connectivity index (χ0n) is 19.2. The molecule has 8 heteroatoms. The van der Waals surface area contributed by atoms with E-state index in [4.69, 9.17) is 15.6 Å². The van der Waals surface area contributed by atoms with Crippen molar-refractivity contribution in [2.24, 2.45) is 5.92 Å². The van der Waals surface area contributed by atoms with E-state index in [0.717, 1.165) is 53.9 Å². The normalized spacial score (nSPS) is 21.3. The summed E-state index contributed by atoms with van der Waals surface area (Å²) in [7, 11) is 0. The SMILES string of the molecule is C=CC(=O)N1CC2CCC1C(n1nc(-c3ccc(Oc4ccccc4)cc3)c3c(N)ncnc31)C2. The van der Waals surface area contributed by atoms with E-state index < -0.39 is 0 Å². The molecule has 2 N–H and O–H groups in total. The van der Waals surface area contributed by atoms with Crippen molar-refractivity contribution in [3.8, 4) is 22.8 Å². The minimum atomic E-state index is -0.0239. The van der Waals surface area contributed by atoms with Gasteiger partial charge in [0.1, 0.15) is 29.3 Å². The van der Waals surface area contributed by atoms with Crippen molar-refractivity contribution >= 4 is 22.8 Å². The lowest BCUT2D eigenvalue weighted by molar-refractivity contribution is -0.135. The number of amides is 1. The van der Waals surface area contributed by atoms with Gasteiger partial charge in [-0.3, -0.25) is 4.79 Å². The monoisotopic (exact) mass is 466 g/mol. The molecule has 3 aliphatic rings. The van der Waals surface area contributed by atoms with Gasteiger partial charge >= 0.3 is 0 Å². The number of hydrogen-bond donors (Lipinski definition) is 1. The molecule has 3 fully saturated rings. The van der Waals surface area contributed by atoms with E-state index in [1.54, 1.807) is 0 Å². The number of fused-ring (bicyclic) bond motifs is 4. The lowest BCUT2D eigenvalue weighted by Gasteiger charge is -2.49. The van der Waals surface area contributed by atoms with E-state index in [0.29, 0.717) is 17.4 Å². The van der Waals surface area contributed by atoms with Crippen molar-refractivity contribution in [2.45, 2.75) is 31.3 Å². The molecule has 7 rings (SSSR count). The molecule has 2 bridgehead atoms. The minimum absolute atomic E-state index is 0.0239. The smallest absolute Gasteiger partial charge is 0.246 e. The molecule has 1 aliphatic carbocycles. The molecule has 0 spiro atoms. The highest BCUT2D eigenvalue weighted by atomic mass is 16.5. The Kier molecular flexibility index (Phi) is 5.21. The maximum Gasteiger partial charge on any atom is 0.246 e. The lowest BCUT2D eigenvalue weighted by atomic mass is 9.76. The van der Waals surface area contributed by atoms with Crippen LogP contribution < -0.4 is 10.5 Å². The van der Waals surface area contributed by atoms with Crippen LogP contribution in [0.25, 0.3) is 22.3 Å². The number of carbonyl (C=O) groups excluding carboxylic acids is 1. The Labute approximate surface area is 203 Å². The van der Waals surface area contributed by atoms with Gasteiger partial charge in [-0.25, -0.2) is 14.6 Å². The molecular formula is C27H26N6O2. The number of nitrogens with two attached hydrogens (primary N) is 1. The van der Waals surface area contributed by atoms with Crippen molar-refractivity contribution in [3.05, 3.63) is 73.6 Å². The second kappa shape index (κ2) is 8.54. The van der Waals surface area contributed by atoms with Gasteiger partial charge in [-0.05, 0) is 67.7 Å². The Hall–Kier alpha value is -4.20. The average molecular weight is 467 g/mol. The van der Waals surface area contributed by atoms with E-state index in [1.165, 1.54) is 12.4 Å². The Bertz CT molecular complexity index is 1400. The maximum absolute atomic E-state index is 12.6. The highest BCUT2D eigenvalue weighted by molar-refractivity contribution is 5.98. The van der Waals surface area contributed by atoms with Crippen molar-refractivity contribution < 1.29 is 9.53 Å². The summed E-state index contributed by atoms with van der Waals surface area (Å²) in [5, 5.41) is 5.75. The van der Waals surface area contributed by atoms with Gasteiger partial charge in [0.05, 0.1) is 17.5 Å². The van der Waals surface area contributed by atoms with Gasteiger partial charge in [0.15, 0.2) is 5.65 Å². The van der Waals surface area contributed by atoms with Crippen LogP contribution in [0.1, 0.15) is 25.3 Å². The molecule has 3 atom stereocenters. The summed E-state index contributed by atoms with van der Waals surface area (Å²) in [5.74, 6) is 2.31. The molecule has 35 heavy (non-hydrogen) atoms. The zero-order chi connectivity index (χ0) is 23.9. The lowest BCUT2D eigenvalue weighted by Crippen LogP contribution is -2.55. The number of para-hydroxylation sites is 1. The molecule has 1 amide bonds. The van der Waals surface area contributed by atoms with Gasteiger partial charge in [0, 0.05) is 12.1 Å². The van der Waals surface area contributed by atoms with E-state index >= 15 is 0 Å². The van der Waals surface area contributed by atoms with Gasteiger partial charge < -0.3 is 15.4 Å². The molecule has 2 saturated heterocycles. The molecule has 0 radical (unpaired) electrons. The molecule has 176 valence electrons. The Morgan fingerprint density at radius 2 is 1.80 bits per heavy atom. The van der Waals surface area contributed by atoms with Crippen LogP contribution in [0.2, 0.25) is 0 Å². The van der Waals surface area contributed by atoms with Gasteiger partial charge in [-0.1, -0.05) is 24.8 Å². The topological polar surface area (TPSA) is 99.2 Å². The molecule has 8 nitrogen and oxygen atoms in total. The predicted octanol–water partition coefficient (Wildman–Crippen LogP) is 4.61. The van der Waals surface area contributed by atoms with Crippen LogP contribution in [0.15, 0.2) is 73.6 Å². The molecule has 1 saturated carbocycles. The number of nitrogen functional groups attached to an aromatic ring is 1. The summed E-state index contributed by atoms with van der Waals surface area (Å²) >= 11 is 0. The highest BCUT2D eigenvalue weighted by Crippen LogP contribution is 2.44. The fourth-order valence-electron chi connectivity index (χ4n) is 5.53. The molecular weight excluding hydrogens is 440 g/mol. The number of carbonyl (C=O) groups is 1. The standard InChI is InChI=1S/C27H26N6O2/c1-2-23(34)32-15-17-8-13-21(32)22(14-17)33-27-24(26(28)29-16-30-27)25(31-33)18-9-11-20(12-10-18)35-19-6-4-3-5-7-19/h2-7,9-12,16-17,21-22H,1,8,13-15H2,(H2,28,29,30). The molecule has 4 heterocycles. The maximum atomic E-state index is 12.6. The minimum Gasteiger partial charge on any atom is -0.457 e. The van der Waals surface area contributed by atoms with Gasteiger partial charge in [0.25, 0.3) is 0 Å². The molecule has 2 aromatic heterocycles. The van der Waals surface area contributed by atoms with Crippen LogP contribution in [0.3, 0.4) is 0 Å². The third-order valence-corrected chi connectivity index (χ3v) is 7.14. The van der Waals surface area contributed by atoms with Gasteiger partial charge in [0.2, 0.25) is 5.91 Å². The number of piperidine rings is 2. The Morgan fingerprint density at radius 3 is 2.54 bits per heavy atom. The summed E-state index contributed by atoms with van der Waals surface area (Å²) in [6, 6.07) is 17.5. The number of hydrogen-bond acceptors (Lipinski definition) is 6. The third-order valence-electron chi connectivity index (χ3n) is 7.14. The van der Waals surface area contributed by atoms with Crippen LogP contribution in [-0.4, -0.2) is 43.1 Å². The van der Waals surface area contributed by atoms with E-state index in [1.807, 2.05) is 64.2 Å². The van der Waals surface area contributed by atoms with Crippen molar-refractivity contribution in [1.29, 1.82) is 0 Å². The summed E-state index contributed by atoms with van der Waals surface area (Å²) < 4.78 is 7.91. The van der Waals surface area contributed by atoms with Crippen LogP contribution in [0, 0.1) is 5.92 Å². The van der Waals surface area contributed by atoms with Crippen LogP contribution in [0.5, 0.6) is 11.5 Å². The number of nitrogens with zero attached hydrogens (tertiary/aromatic N) is 5. The quantitative estimate of drug-likeness (QED) is 0.432. The van der Waals surface area contributed by atoms with Crippen LogP contribution >= 0.6 is 0 Å². The van der Waals surface area contributed by atoms with E-state index in [2.05, 4.69) is 16.5 Å². The summed E-state index contributed by atoms with van der Waals surface area (Å²) in [5.41, 5.74) is 8.66. The molecule has 2 aromatic carbocycles. The average Bonchev–Trinajstić information content (AvgIpc) is 3.30. The second-order valence-electron chi connectivity index (χ2n) is 9.20.